The largest absolute Gasteiger partial charge is 0.363 e. The van der Waals surface area contributed by atoms with Gasteiger partial charge in [0, 0.05) is 37.2 Å². The van der Waals surface area contributed by atoms with Crippen molar-refractivity contribution in [1.29, 1.82) is 5.26 Å². The van der Waals surface area contributed by atoms with E-state index >= 15 is 0 Å². The molecule has 2 unspecified atom stereocenters. The van der Waals surface area contributed by atoms with Crippen LogP contribution in [-0.4, -0.2) is 47.0 Å². The molecule has 2 heterocycles. The lowest BCUT2D eigenvalue weighted by atomic mass is 9.88. The molecule has 1 amide bonds. The zero-order valence-electron chi connectivity index (χ0n) is 18.5. The van der Waals surface area contributed by atoms with Gasteiger partial charge in [-0.25, -0.2) is 8.51 Å². The summed E-state index contributed by atoms with van der Waals surface area (Å²) in [7, 11) is -1.09. The van der Waals surface area contributed by atoms with E-state index in [1.165, 1.54) is 0 Å². The number of hydrogen-bond donors (Lipinski definition) is 0. The van der Waals surface area contributed by atoms with E-state index in [1.54, 1.807) is 12.0 Å². The maximum absolute atomic E-state index is 13.7. The maximum atomic E-state index is 13.7. The number of carbonyl (C=O) groups is 1. The summed E-state index contributed by atoms with van der Waals surface area (Å²) in [4.78, 5) is 15.9. The van der Waals surface area contributed by atoms with Crippen LogP contribution in [0.25, 0.3) is 0 Å². The first-order valence-electron chi connectivity index (χ1n) is 11.0. The van der Waals surface area contributed by atoms with Crippen molar-refractivity contribution < 1.29 is 13.7 Å². The third kappa shape index (κ3) is 3.83. The molecule has 0 spiro atoms. The number of nitrogens with zero attached hydrogens (tertiary/aromatic N) is 3. The summed E-state index contributed by atoms with van der Waals surface area (Å²) in [6, 6.07) is 17.6. The van der Waals surface area contributed by atoms with E-state index in [9.17, 15) is 9.00 Å². The number of aryl methyl sites for hydroxylation is 1. The van der Waals surface area contributed by atoms with Crippen molar-refractivity contribution in [1.82, 2.24) is 4.31 Å². The molecule has 2 aromatic carbocycles. The topological polar surface area (TPSA) is 73.6 Å². The van der Waals surface area contributed by atoms with Gasteiger partial charge in [-0.15, -0.1) is 0 Å². The van der Waals surface area contributed by atoms with Crippen molar-refractivity contribution >= 4 is 27.2 Å². The van der Waals surface area contributed by atoms with Crippen LogP contribution in [0, 0.1) is 11.3 Å². The van der Waals surface area contributed by atoms with Crippen LogP contribution in [0.4, 0.5) is 5.69 Å². The highest BCUT2D eigenvalue weighted by molar-refractivity contribution is 7.98. The fourth-order valence-corrected chi connectivity index (χ4v) is 6.47. The molecule has 0 aliphatic carbocycles. The minimum Gasteiger partial charge on any atom is -0.363 e. The summed E-state index contributed by atoms with van der Waals surface area (Å²) < 4.78 is 21.5. The molecule has 0 bridgehead atoms. The third-order valence-corrected chi connectivity index (χ3v) is 8.73. The molecule has 2 aliphatic rings. The normalized spacial score (nSPS) is 22.5. The number of rotatable bonds is 8. The molecule has 1 fully saturated rings. The lowest BCUT2D eigenvalue weighted by Gasteiger charge is -2.28. The number of nitriles is 1. The van der Waals surface area contributed by atoms with E-state index in [-0.39, 0.29) is 12.3 Å². The van der Waals surface area contributed by atoms with Crippen LogP contribution in [0.15, 0.2) is 53.4 Å². The monoisotopic (exact) mass is 451 g/mol. The summed E-state index contributed by atoms with van der Waals surface area (Å²) >= 11 is 0. The van der Waals surface area contributed by atoms with Gasteiger partial charge in [0.15, 0.2) is 5.60 Å². The first-order valence-corrected chi connectivity index (χ1v) is 12.7. The van der Waals surface area contributed by atoms with E-state index in [2.05, 4.69) is 11.9 Å². The fourth-order valence-electron chi connectivity index (χ4n) is 4.74. The molecule has 168 valence electrons. The van der Waals surface area contributed by atoms with Crippen LogP contribution in [0.5, 0.6) is 0 Å². The van der Waals surface area contributed by atoms with Crippen LogP contribution in [0.3, 0.4) is 0 Å². The molecule has 0 radical (unpaired) electrons. The van der Waals surface area contributed by atoms with Crippen LogP contribution in [-0.2, 0) is 31.3 Å². The zero-order valence-corrected chi connectivity index (χ0v) is 19.3. The van der Waals surface area contributed by atoms with Gasteiger partial charge in [0.1, 0.15) is 0 Å². The first kappa shape index (κ1) is 22.5. The summed E-state index contributed by atoms with van der Waals surface area (Å²) in [5, 5.41) is 9.10. The van der Waals surface area contributed by atoms with Crippen molar-refractivity contribution in [3.63, 3.8) is 0 Å². The van der Waals surface area contributed by atoms with Gasteiger partial charge in [0.05, 0.1) is 27.9 Å². The van der Waals surface area contributed by atoms with Gasteiger partial charge in [-0.2, -0.15) is 5.26 Å². The summed E-state index contributed by atoms with van der Waals surface area (Å²) in [5.74, 6) is 3.90. The van der Waals surface area contributed by atoms with E-state index in [1.807, 2.05) is 52.8 Å². The number of carbonyl (C=O) groups excluding carboxylic acids is 1. The standard InChI is InChI=1S/C25H29N3O3S/c1-31-25(14-13-20-9-4-3-5-10-20)22-19-21(32(2,30)27-16-6-7-17-27)11-12-23(22)28(24(25)29)18-8-15-26/h3-5,9-12,19H,2,6-8,13-14,16-18H2,1H3. The van der Waals surface area contributed by atoms with Crippen LogP contribution in [0.1, 0.15) is 36.8 Å². The Labute approximate surface area is 190 Å². The van der Waals surface area contributed by atoms with Crippen molar-refractivity contribution in [2.24, 2.45) is 0 Å². The number of anilines is 1. The highest BCUT2D eigenvalue weighted by atomic mass is 32.2. The molecule has 2 atom stereocenters. The van der Waals surface area contributed by atoms with Crippen molar-refractivity contribution in [2.75, 3.05) is 31.6 Å². The quantitative estimate of drug-likeness (QED) is 0.576. The van der Waals surface area contributed by atoms with Crippen molar-refractivity contribution in [2.45, 2.75) is 42.6 Å². The molecular formula is C25H29N3O3S. The minimum atomic E-state index is -2.64. The van der Waals surface area contributed by atoms with Crippen LogP contribution in [0.2, 0.25) is 0 Å². The van der Waals surface area contributed by atoms with Crippen LogP contribution >= 0.6 is 0 Å². The highest BCUT2D eigenvalue weighted by Gasteiger charge is 2.51. The number of hydrogen-bond acceptors (Lipinski definition) is 4. The molecule has 4 rings (SSSR count). The number of fused-ring (bicyclic) bond motifs is 1. The zero-order chi connectivity index (χ0) is 22.8. The Hall–Kier alpha value is -2.66. The molecule has 0 saturated carbocycles. The van der Waals surface area contributed by atoms with E-state index < -0.39 is 15.3 Å². The Morgan fingerprint density at radius 3 is 2.56 bits per heavy atom. The Balaban J connectivity index is 1.77. The molecule has 6 nitrogen and oxygen atoms in total. The molecule has 0 aromatic heterocycles. The lowest BCUT2D eigenvalue weighted by Crippen LogP contribution is -2.42. The predicted molar refractivity (Wildman–Crippen MR) is 127 cm³/mol. The number of ether oxygens (including phenoxy) is 1. The molecular weight excluding hydrogens is 422 g/mol. The van der Waals surface area contributed by atoms with E-state index in [0.29, 0.717) is 29.8 Å². The smallest absolute Gasteiger partial charge is 0.263 e. The van der Waals surface area contributed by atoms with Gasteiger partial charge in [-0.05, 0) is 55.3 Å². The maximum Gasteiger partial charge on any atom is 0.263 e. The Kier molecular flexibility index (Phi) is 6.38. The van der Waals surface area contributed by atoms with E-state index in [4.69, 9.17) is 10.00 Å². The summed E-state index contributed by atoms with van der Waals surface area (Å²) in [5.41, 5.74) is 1.37. The molecule has 32 heavy (non-hydrogen) atoms. The van der Waals surface area contributed by atoms with Crippen LogP contribution < -0.4 is 4.90 Å². The van der Waals surface area contributed by atoms with Gasteiger partial charge in [0.25, 0.3) is 5.91 Å². The highest BCUT2D eigenvalue weighted by Crippen LogP contribution is 2.46. The second-order valence-electron chi connectivity index (χ2n) is 8.34. The van der Waals surface area contributed by atoms with Gasteiger partial charge >= 0.3 is 0 Å². The molecule has 1 saturated heterocycles. The lowest BCUT2D eigenvalue weighted by molar-refractivity contribution is -0.140. The SMILES string of the molecule is C=S(=O)(c1ccc2c(c1)C(CCc1ccccc1)(OC)C(=O)N2CCC#N)N1CCCC1. The van der Waals surface area contributed by atoms with Gasteiger partial charge < -0.3 is 9.64 Å². The van der Waals surface area contributed by atoms with Gasteiger partial charge in [-0.1, -0.05) is 30.3 Å². The Bertz CT molecular complexity index is 1130. The van der Waals surface area contributed by atoms with E-state index in [0.717, 1.165) is 37.2 Å². The third-order valence-electron chi connectivity index (χ3n) is 6.54. The Morgan fingerprint density at radius 1 is 1.19 bits per heavy atom. The fraction of sp³-hybridized carbons (Fsp3) is 0.400. The molecule has 2 aliphatic heterocycles. The second-order valence-corrected chi connectivity index (χ2v) is 10.6. The van der Waals surface area contributed by atoms with Gasteiger partial charge in [0.2, 0.25) is 0 Å². The predicted octanol–water partition coefficient (Wildman–Crippen LogP) is 3.51. The summed E-state index contributed by atoms with van der Waals surface area (Å²) in [6.45, 7) is 1.82. The Morgan fingerprint density at radius 2 is 1.91 bits per heavy atom. The molecule has 7 heteroatoms. The molecule has 0 N–H and O–H groups in total. The van der Waals surface area contributed by atoms with Crippen molar-refractivity contribution in [3.8, 4) is 6.07 Å². The minimum absolute atomic E-state index is 0.171. The van der Waals surface area contributed by atoms with Crippen molar-refractivity contribution in [3.05, 3.63) is 59.7 Å². The molecule has 2 aromatic rings. The average Bonchev–Trinajstić information content (AvgIpc) is 3.43. The number of benzene rings is 2. The average molecular weight is 452 g/mol. The number of amides is 1. The number of methoxy groups -OCH3 is 1. The van der Waals surface area contributed by atoms with Gasteiger partial charge in [-0.3, -0.25) is 4.79 Å². The second kappa shape index (κ2) is 9.07. The summed E-state index contributed by atoms with van der Waals surface area (Å²) in [6.07, 6.45) is 3.36. The first-order chi connectivity index (χ1) is 15.4.